The Bertz CT molecular complexity index is 1100. The summed E-state index contributed by atoms with van der Waals surface area (Å²) in [4.78, 5) is 26.9. The first-order valence-electron chi connectivity index (χ1n) is 10.4. The number of rotatable bonds is 8. The molecular weight excluding hydrogens is 419 g/mol. The van der Waals surface area contributed by atoms with E-state index in [4.69, 9.17) is 9.15 Å². The van der Waals surface area contributed by atoms with Crippen LogP contribution in [0.5, 0.6) is 0 Å². The fourth-order valence-corrected chi connectivity index (χ4v) is 5.24. The third-order valence-electron chi connectivity index (χ3n) is 5.43. The molecule has 0 unspecified atom stereocenters. The van der Waals surface area contributed by atoms with Crippen LogP contribution in [-0.4, -0.2) is 32.1 Å². The molecule has 6 nitrogen and oxygen atoms in total. The predicted molar refractivity (Wildman–Crippen MR) is 118 cm³/mol. The van der Waals surface area contributed by atoms with Crippen LogP contribution in [0.3, 0.4) is 0 Å². The first kappa shape index (κ1) is 21.5. The summed E-state index contributed by atoms with van der Waals surface area (Å²) in [7, 11) is 1.63. The van der Waals surface area contributed by atoms with E-state index < -0.39 is 0 Å². The second-order valence-corrected chi connectivity index (χ2v) is 8.75. The standard InChI is InChI=1S/C23H25FN2O4S/c1-29-10-4-9-25-22(28)21-16-5-2-3-6-19(16)31-23(21)26-20(27)11-14-13-30-18-8-7-15(24)12-17(14)18/h7-8,12-13H,2-6,9-11H2,1H3,(H,25,28)(H,26,27). The van der Waals surface area contributed by atoms with Crippen molar-refractivity contribution < 1.29 is 23.1 Å². The number of hydrogen-bond acceptors (Lipinski definition) is 5. The summed E-state index contributed by atoms with van der Waals surface area (Å²) in [6, 6.07) is 4.24. The molecule has 2 heterocycles. The molecule has 4 rings (SSSR count). The van der Waals surface area contributed by atoms with E-state index in [1.807, 2.05) is 0 Å². The lowest BCUT2D eigenvalue weighted by Gasteiger charge is -2.13. The summed E-state index contributed by atoms with van der Waals surface area (Å²) in [6.45, 7) is 1.09. The van der Waals surface area contributed by atoms with Gasteiger partial charge >= 0.3 is 0 Å². The number of thiophene rings is 1. The first-order valence-corrected chi connectivity index (χ1v) is 11.3. The molecule has 0 bridgehead atoms. The van der Waals surface area contributed by atoms with Crippen LogP contribution in [0.4, 0.5) is 9.39 Å². The van der Waals surface area contributed by atoms with Gasteiger partial charge in [-0.05, 0) is 55.9 Å². The Morgan fingerprint density at radius 3 is 2.94 bits per heavy atom. The summed E-state index contributed by atoms with van der Waals surface area (Å²) in [6.07, 6.45) is 6.12. The van der Waals surface area contributed by atoms with Crippen LogP contribution in [0.15, 0.2) is 28.9 Å². The Morgan fingerprint density at radius 2 is 2.10 bits per heavy atom. The van der Waals surface area contributed by atoms with Crippen LogP contribution < -0.4 is 10.6 Å². The monoisotopic (exact) mass is 444 g/mol. The SMILES string of the molecule is COCCCNC(=O)c1c(NC(=O)Cc2coc3ccc(F)cc23)sc2c1CCCC2. The number of benzene rings is 1. The van der Waals surface area contributed by atoms with Gasteiger partial charge in [0, 0.05) is 36.1 Å². The van der Waals surface area contributed by atoms with Crippen LogP contribution in [0.2, 0.25) is 0 Å². The summed E-state index contributed by atoms with van der Waals surface area (Å²) in [5.74, 6) is -0.811. The van der Waals surface area contributed by atoms with Gasteiger partial charge in [0.15, 0.2) is 0 Å². The topological polar surface area (TPSA) is 80.6 Å². The third kappa shape index (κ3) is 4.80. The average molecular weight is 445 g/mol. The number of halogens is 1. The number of methoxy groups -OCH3 is 1. The van der Waals surface area contributed by atoms with Crippen molar-refractivity contribution in [2.24, 2.45) is 0 Å². The number of anilines is 1. The van der Waals surface area contributed by atoms with E-state index in [0.717, 1.165) is 37.7 Å². The lowest BCUT2D eigenvalue weighted by molar-refractivity contribution is -0.115. The minimum Gasteiger partial charge on any atom is -0.464 e. The molecule has 0 aliphatic heterocycles. The number of ether oxygens (including phenoxy) is 1. The molecule has 8 heteroatoms. The number of carbonyl (C=O) groups is 2. The number of aryl methyl sites for hydroxylation is 1. The zero-order valence-corrected chi connectivity index (χ0v) is 18.2. The van der Waals surface area contributed by atoms with Gasteiger partial charge in [0.1, 0.15) is 16.4 Å². The van der Waals surface area contributed by atoms with Crippen LogP contribution >= 0.6 is 11.3 Å². The zero-order valence-electron chi connectivity index (χ0n) is 17.4. The van der Waals surface area contributed by atoms with Crippen molar-refractivity contribution in [3.63, 3.8) is 0 Å². The number of fused-ring (bicyclic) bond motifs is 2. The maximum absolute atomic E-state index is 13.6. The highest BCUT2D eigenvalue weighted by molar-refractivity contribution is 7.17. The van der Waals surface area contributed by atoms with Gasteiger partial charge in [-0.2, -0.15) is 0 Å². The molecule has 3 aromatic rings. The summed E-state index contributed by atoms with van der Waals surface area (Å²) in [5, 5.41) is 7.03. The largest absolute Gasteiger partial charge is 0.464 e. The molecule has 0 saturated carbocycles. The van der Waals surface area contributed by atoms with Gasteiger partial charge in [-0.1, -0.05) is 0 Å². The Kier molecular flexibility index (Phi) is 6.67. The summed E-state index contributed by atoms with van der Waals surface area (Å²) < 4.78 is 24.1. The molecule has 2 N–H and O–H groups in total. The highest BCUT2D eigenvalue weighted by atomic mass is 32.1. The second-order valence-electron chi connectivity index (χ2n) is 7.64. The summed E-state index contributed by atoms with van der Waals surface area (Å²) in [5.41, 5.74) is 2.77. The maximum Gasteiger partial charge on any atom is 0.254 e. The van der Waals surface area contributed by atoms with E-state index in [0.29, 0.717) is 40.2 Å². The smallest absolute Gasteiger partial charge is 0.254 e. The van der Waals surface area contributed by atoms with Gasteiger partial charge in [-0.25, -0.2) is 4.39 Å². The van der Waals surface area contributed by atoms with Crippen LogP contribution in [0.1, 0.15) is 45.6 Å². The molecule has 1 aliphatic rings. The van der Waals surface area contributed by atoms with E-state index in [1.165, 1.54) is 34.6 Å². The number of carbonyl (C=O) groups excluding carboxylic acids is 2. The van der Waals surface area contributed by atoms with Crippen LogP contribution in [0, 0.1) is 5.82 Å². The minimum atomic E-state index is -0.381. The highest BCUT2D eigenvalue weighted by Crippen LogP contribution is 2.38. The van der Waals surface area contributed by atoms with Crippen molar-refractivity contribution in [2.45, 2.75) is 38.5 Å². The van der Waals surface area contributed by atoms with Crippen molar-refractivity contribution in [3.05, 3.63) is 51.8 Å². The Labute approximate surface area is 183 Å². The van der Waals surface area contributed by atoms with E-state index in [1.54, 1.807) is 13.2 Å². The normalized spacial score (nSPS) is 13.2. The fraction of sp³-hybridized carbons (Fsp3) is 0.391. The molecule has 31 heavy (non-hydrogen) atoms. The van der Waals surface area contributed by atoms with Crippen molar-refractivity contribution in [2.75, 3.05) is 25.6 Å². The van der Waals surface area contributed by atoms with E-state index in [2.05, 4.69) is 10.6 Å². The lowest BCUT2D eigenvalue weighted by Crippen LogP contribution is -2.27. The van der Waals surface area contributed by atoms with E-state index in [9.17, 15) is 14.0 Å². The van der Waals surface area contributed by atoms with Crippen molar-refractivity contribution in [1.29, 1.82) is 0 Å². The maximum atomic E-state index is 13.6. The molecule has 0 fully saturated rings. The van der Waals surface area contributed by atoms with E-state index >= 15 is 0 Å². The van der Waals surface area contributed by atoms with Gasteiger partial charge < -0.3 is 19.8 Å². The summed E-state index contributed by atoms with van der Waals surface area (Å²) >= 11 is 1.48. The van der Waals surface area contributed by atoms with Crippen molar-refractivity contribution in [3.8, 4) is 0 Å². The quantitative estimate of drug-likeness (QED) is 0.503. The second kappa shape index (κ2) is 9.62. The Morgan fingerprint density at radius 1 is 1.26 bits per heavy atom. The predicted octanol–water partition coefficient (Wildman–Crippen LogP) is 4.46. The van der Waals surface area contributed by atoms with Crippen LogP contribution in [-0.2, 0) is 28.8 Å². The molecular formula is C23H25FN2O4S. The highest BCUT2D eigenvalue weighted by Gasteiger charge is 2.26. The molecule has 0 radical (unpaired) electrons. The van der Waals surface area contributed by atoms with Gasteiger partial charge in [-0.3, -0.25) is 9.59 Å². The van der Waals surface area contributed by atoms with Crippen molar-refractivity contribution >= 4 is 39.1 Å². The lowest BCUT2D eigenvalue weighted by atomic mass is 9.95. The van der Waals surface area contributed by atoms with Gasteiger partial charge in [0.25, 0.3) is 5.91 Å². The molecule has 0 atom stereocenters. The van der Waals surface area contributed by atoms with Crippen molar-refractivity contribution in [1.82, 2.24) is 5.32 Å². The van der Waals surface area contributed by atoms with Crippen LogP contribution in [0.25, 0.3) is 11.0 Å². The fourth-order valence-electron chi connectivity index (χ4n) is 3.94. The van der Waals surface area contributed by atoms with Gasteiger partial charge in [0.2, 0.25) is 5.91 Å². The molecule has 1 aliphatic carbocycles. The number of furan rings is 1. The average Bonchev–Trinajstić information content (AvgIpc) is 3.31. The van der Waals surface area contributed by atoms with E-state index in [-0.39, 0.29) is 24.1 Å². The first-order chi connectivity index (χ1) is 15.1. The Balaban J connectivity index is 1.52. The molecule has 164 valence electrons. The molecule has 2 aromatic heterocycles. The minimum absolute atomic E-state index is 0.0356. The van der Waals surface area contributed by atoms with Gasteiger partial charge in [-0.15, -0.1) is 11.3 Å². The molecule has 0 saturated heterocycles. The zero-order chi connectivity index (χ0) is 21.8. The van der Waals surface area contributed by atoms with Gasteiger partial charge in [0.05, 0.1) is 18.2 Å². The molecule has 1 aromatic carbocycles. The molecule has 2 amide bonds. The number of nitrogens with one attached hydrogen (secondary N) is 2. The molecule has 0 spiro atoms. The number of amides is 2. The third-order valence-corrected chi connectivity index (χ3v) is 6.64. The Hall–Kier alpha value is -2.71. The number of hydrogen-bond donors (Lipinski definition) is 2.